The van der Waals surface area contributed by atoms with Crippen LogP contribution in [0.1, 0.15) is 42.7 Å². The predicted octanol–water partition coefficient (Wildman–Crippen LogP) is 2.23. The third kappa shape index (κ3) is 4.84. The van der Waals surface area contributed by atoms with Gasteiger partial charge in [-0.15, -0.1) is 0 Å². The molecule has 30 heavy (non-hydrogen) atoms. The summed E-state index contributed by atoms with van der Waals surface area (Å²) >= 11 is 1.65. The first-order valence-electron chi connectivity index (χ1n) is 9.41. The lowest BCUT2D eigenvalue weighted by atomic mass is 9.95. The number of fused-ring (bicyclic) bond motifs is 1. The van der Waals surface area contributed by atoms with Crippen molar-refractivity contribution in [3.8, 4) is 0 Å². The highest BCUT2D eigenvalue weighted by Gasteiger charge is 2.18. The van der Waals surface area contributed by atoms with Crippen molar-refractivity contribution in [2.24, 2.45) is 0 Å². The molecule has 4 rings (SSSR count). The van der Waals surface area contributed by atoms with E-state index in [4.69, 9.17) is 10.8 Å². The van der Waals surface area contributed by atoms with Gasteiger partial charge in [0.1, 0.15) is 11.6 Å². The number of carbonyl (C=O) groups is 2. The molecule has 1 aromatic carbocycles. The van der Waals surface area contributed by atoms with Crippen LogP contribution in [0.15, 0.2) is 48.1 Å². The highest BCUT2D eigenvalue weighted by molar-refractivity contribution is 7.09. The van der Waals surface area contributed by atoms with Crippen LogP contribution >= 0.6 is 11.3 Å². The molecule has 0 spiro atoms. The zero-order valence-corrected chi connectivity index (χ0v) is 17.6. The third-order valence-corrected chi connectivity index (χ3v) is 5.84. The van der Waals surface area contributed by atoms with E-state index >= 15 is 0 Å². The van der Waals surface area contributed by atoms with Crippen LogP contribution in [0.2, 0.25) is 0 Å². The number of allylic oxidation sites excluding steroid dienone is 2. The summed E-state index contributed by atoms with van der Waals surface area (Å²) in [5.41, 5.74) is 11.0. The third-order valence-electron chi connectivity index (χ3n) is 4.70. The molecular weight excluding hydrogens is 400 g/mol. The minimum Gasteiger partial charge on any atom is -0.396 e. The average Bonchev–Trinajstić information content (AvgIpc) is 3.07. The molecule has 2 aromatic heterocycles. The Balaban J connectivity index is 0.000000184. The molecule has 8 heteroatoms. The first-order valence-corrected chi connectivity index (χ1v) is 10.3. The number of ketones is 2. The van der Waals surface area contributed by atoms with Gasteiger partial charge in [-0.25, -0.2) is 9.97 Å². The van der Waals surface area contributed by atoms with E-state index in [1.807, 2.05) is 19.4 Å². The largest absolute Gasteiger partial charge is 0.396 e. The van der Waals surface area contributed by atoms with Gasteiger partial charge in [0.2, 0.25) is 5.51 Å². The van der Waals surface area contributed by atoms with E-state index in [1.54, 1.807) is 41.8 Å². The number of aryl methyl sites for hydroxylation is 1. The number of hydrogen-bond donors (Lipinski definition) is 2. The van der Waals surface area contributed by atoms with Gasteiger partial charge in [0.15, 0.2) is 23.8 Å². The van der Waals surface area contributed by atoms with Crippen molar-refractivity contribution in [2.45, 2.75) is 26.8 Å². The fourth-order valence-corrected chi connectivity index (χ4v) is 3.99. The molecule has 0 unspecified atom stereocenters. The number of benzene rings is 1. The fraction of sp³-hybridized carbons (Fsp3) is 0.227. The van der Waals surface area contributed by atoms with Gasteiger partial charge in [-0.2, -0.15) is 4.57 Å². The van der Waals surface area contributed by atoms with Gasteiger partial charge in [-0.05, 0) is 19.1 Å². The number of hydrogen-bond acceptors (Lipinski definition) is 7. The van der Waals surface area contributed by atoms with Gasteiger partial charge in [-0.3, -0.25) is 9.59 Å². The number of nitrogens with two attached hydrogens (primary N) is 1. The molecule has 3 N–H and O–H groups in total. The van der Waals surface area contributed by atoms with Gasteiger partial charge < -0.3 is 10.8 Å². The second-order valence-corrected chi connectivity index (χ2v) is 7.71. The number of anilines is 1. The van der Waals surface area contributed by atoms with Crippen molar-refractivity contribution in [2.75, 3.05) is 12.3 Å². The fourth-order valence-electron chi connectivity index (χ4n) is 3.01. The molecule has 0 atom stereocenters. The highest BCUT2D eigenvalue weighted by atomic mass is 32.1. The normalized spacial score (nSPS) is 12.4. The number of aliphatic hydroxyl groups excluding tert-OH is 1. The first kappa shape index (κ1) is 21.5. The smallest absolute Gasteiger partial charge is 0.225 e. The van der Waals surface area contributed by atoms with Crippen LogP contribution in [0, 0.1) is 13.8 Å². The quantitative estimate of drug-likeness (QED) is 0.623. The number of carbonyl (C=O) groups excluding carboxylic acids is 2. The molecule has 7 nitrogen and oxygen atoms in total. The number of nitrogen functional groups attached to an aromatic ring is 1. The maximum atomic E-state index is 11.2. The highest BCUT2D eigenvalue weighted by Crippen LogP contribution is 2.16. The zero-order chi connectivity index (χ0) is 21.7. The van der Waals surface area contributed by atoms with Crippen molar-refractivity contribution < 1.29 is 19.3 Å². The summed E-state index contributed by atoms with van der Waals surface area (Å²) in [4.78, 5) is 31.9. The SMILES string of the molecule is Cc1ncc(C[n+]2csc(CCO)c2C)c(N)n1.O=C1C=CC(=O)c2ccccc21. The van der Waals surface area contributed by atoms with Gasteiger partial charge in [0, 0.05) is 37.3 Å². The van der Waals surface area contributed by atoms with E-state index in [9.17, 15) is 9.59 Å². The summed E-state index contributed by atoms with van der Waals surface area (Å²) in [5.74, 6) is 1.03. The molecule has 1 aliphatic rings. The summed E-state index contributed by atoms with van der Waals surface area (Å²) in [6, 6.07) is 6.84. The molecule has 3 aromatic rings. The van der Waals surface area contributed by atoms with Crippen molar-refractivity contribution >= 4 is 28.7 Å². The maximum Gasteiger partial charge on any atom is 0.225 e. The van der Waals surface area contributed by atoms with E-state index in [0.29, 0.717) is 35.7 Å². The molecule has 0 aliphatic heterocycles. The monoisotopic (exact) mass is 423 g/mol. The number of thiazole rings is 1. The van der Waals surface area contributed by atoms with Crippen molar-refractivity contribution in [1.29, 1.82) is 0 Å². The molecule has 0 radical (unpaired) electrons. The second kappa shape index (κ2) is 9.51. The summed E-state index contributed by atoms with van der Waals surface area (Å²) in [6.45, 7) is 4.71. The van der Waals surface area contributed by atoms with E-state index in [1.165, 1.54) is 17.0 Å². The molecule has 154 valence electrons. The molecule has 2 heterocycles. The summed E-state index contributed by atoms with van der Waals surface area (Å²) in [7, 11) is 0. The van der Waals surface area contributed by atoms with Crippen LogP contribution in [-0.4, -0.2) is 33.2 Å². The topological polar surface area (TPSA) is 110 Å². The summed E-state index contributed by atoms with van der Waals surface area (Å²) in [6.07, 6.45) is 5.09. The number of aliphatic hydroxyl groups is 1. The summed E-state index contributed by atoms with van der Waals surface area (Å²) in [5, 5.41) is 8.98. The molecule has 0 amide bonds. The van der Waals surface area contributed by atoms with Crippen LogP contribution in [0.25, 0.3) is 0 Å². The standard InChI is InChI=1S/C12H17N4OS.C10H6O2/c1-8-11(3-4-17)18-7-16(8)6-10-5-14-9(2)15-12(10)13;11-9-5-6-10(12)8-4-2-1-3-7(8)9/h5,7,17H,3-4,6H2,1-2H3,(H2,13,14,15);1-6H/q+1;. The minimum absolute atomic E-state index is 0.0924. The van der Waals surface area contributed by atoms with Crippen LogP contribution in [0.4, 0.5) is 5.82 Å². The Hall–Kier alpha value is -3.23. The lowest BCUT2D eigenvalue weighted by molar-refractivity contribution is -0.689. The molecule has 0 saturated heterocycles. The van der Waals surface area contributed by atoms with E-state index < -0.39 is 0 Å². The van der Waals surface area contributed by atoms with E-state index in [-0.39, 0.29) is 18.2 Å². The lowest BCUT2D eigenvalue weighted by Gasteiger charge is -2.06. The molecule has 0 bridgehead atoms. The Bertz CT molecular complexity index is 1080. The predicted molar refractivity (Wildman–Crippen MR) is 115 cm³/mol. The number of aromatic nitrogens is 3. The van der Waals surface area contributed by atoms with E-state index in [0.717, 1.165) is 11.3 Å². The Morgan fingerprint density at radius 3 is 2.30 bits per heavy atom. The maximum absolute atomic E-state index is 11.2. The van der Waals surface area contributed by atoms with E-state index in [2.05, 4.69) is 14.5 Å². The summed E-state index contributed by atoms with van der Waals surface area (Å²) < 4.78 is 2.11. The van der Waals surface area contributed by atoms with Crippen molar-refractivity contribution in [3.05, 3.63) is 81.2 Å². The van der Waals surface area contributed by atoms with Gasteiger partial charge in [0.25, 0.3) is 0 Å². The van der Waals surface area contributed by atoms with Crippen LogP contribution in [-0.2, 0) is 13.0 Å². The Kier molecular flexibility index (Phi) is 6.81. The van der Waals surface area contributed by atoms with Crippen LogP contribution < -0.4 is 10.3 Å². The number of rotatable bonds is 4. The number of nitrogens with zero attached hydrogens (tertiary/aromatic N) is 3. The van der Waals surface area contributed by atoms with Crippen molar-refractivity contribution in [1.82, 2.24) is 9.97 Å². The average molecular weight is 424 g/mol. The minimum atomic E-state index is -0.0924. The Labute approximate surface area is 178 Å². The van der Waals surface area contributed by atoms with Crippen LogP contribution in [0.5, 0.6) is 0 Å². The van der Waals surface area contributed by atoms with Gasteiger partial charge in [-0.1, -0.05) is 35.6 Å². The Morgan fingerprint density at radius 1 is 1.10 bits per heavy atom. The van der Waals surface area contributed by atoms with Crippen LogP contribution in [0.3, 0.4) is 0 Å². The zero-order valence-electron chi connectivity index (χ0n) is 16.8. The van der Waals surface area contributed by atoms with Gasteiger partial charge >= 0.3 is 0 Å². The second-order valence-electron chi connectivity index (χ2n) is 6.77. The first-order chi connectivity index (χ1) is 14.4. The molecule has 0 saturated carbocycles. The molecular formula is C22H23N4O3S+. The molecule has 1 aliphatic carbocycles. The van der Waals surface area contributed by atoms with Crippen molar-refractivity contribution in [3.63, 3.8) is 0 Å². The lowest BCUT2D eigenvalue weighted by Crippen LogP contribution is -2.35. The molecule has 0 fully saturated rings. The van der Waals surface area contributed by atoms with Gasteiger partial charge in [0.05, 0.1) is 10.4 Å². The Morgan fingerprint density at radius 2 is 1.73 bits per heavy atom.